The van der Waals surface area contributed by atoms with E-state index in [2.05, 4.69) is 47.8 Å². The summed E-state index contributed by atoms with van der Waals surface area (Å²) in [4.78, 5) is 0. The average molecular weight is 211 g/mol. The molecular formula is C15H17N. The molecule has 1 nitrogen and oxygen atoms in total. The second kappa shape index (κ2) is 4.26. The average Bonchev–Trinajstić information content (AvgIpc) is 2.39. The Labute approximate surface area is 96.5 Å². The van der Waals surface area contributed by atoms with Gasteiger partial charge in [0.15, 0.2) is 0 Å². The highest BCUT2D eigenvalue weighted by molar-refractivity contribution is 5.86. The maximum absolute atomic E-state index is 3.63. The van der Waals surface area contributed by atoms with E-state index >= 15 is 0 Å². The largest absolute Gasteiger partial charge is 0.310 e. The van der Waals surface area contributed by atoms with Gasteiger partial charge in [0.1, 0.15) is 0 Å². The summed E-state index contributed by atoms with van der Waals surface area (Å²) in [5.41, 5.74) is 1.47. The molecule has 1 aliphatic heterocycles. The van der Waals surface area contributed by atoms with E-state index in [1.165, 1.54) is 35.6 Å². The number of hydrogen-bond donors (Lipinski definition) is 1. The third-order valence-electron chi connectivity index (χ3n) is 3.51. The standard InChI is InChI=1S/C15H17N/c1-2-8-13-12(6-1)7-5-9-14(13)15-10-3-4-11-16-15/h1-2,5-9,15-16H,3-4,10-11H2. The summed E-state index contributed by atoms with van der Waals surface area (Å²) in [6, 6.07) is 15.9. The Morgan fingerprint density at radius 1 is 0.938 bits per heavy atom. The van der Waals surface area contributed by atoms with Crippen LogP contribution in [0.4, 0.5) is 0 Å². The van der Waals surface area contributed by atoms with Crippen LogP contribution in [0.1, 0.15) is 30.9 Å². The Morgan fingerprint density at radius 3 is 2.69 bits per heavy atom. The number of fused-ring (bicyclic) bond motifs is 1. The Hall–Kier alpha value is -1.34. The van der Waals surface area contributed by atoms with E-state index < -0.39 is 0 Å². The van der Waals surface area contributed by atoms with Gasteiger partial charge in [-0.1, -0.05) is 48.9 Å². The molecule has 1 heterocycles. The minimum absolute atomic E-state index is 0.555. The lowest BCUT2D eigenvalue weighted by atomic mass is 9.93. The van der Waals surface area contributed by atoms with Crippen LogP contribution in [0.3, 0.4) is 0 Å². The molecule has 82 valence electrons. The molecule has 2 aromatic rings. The Kier molecular flexibility index (Phi) is 2.63. The summed E-state index contributed by atoms with van der Waals surface area (Å²) in [5, 5.41) is 6.39. The van der Waals surface area contributed by atoms with Crippen molar-refractivity contribution in [3.8, 4) is 0 Å². The van der Waals surface area contributed by atoms with Gasteiger partial charge in [0.2, 0.25) is 0 Å². The first-order chi connectivity index (χ1) is 7.95. The number of hydrogen-bond acceptors (Lipinski definition) is 1. The number of nitrogens with one attached hydrogen (secondary N) is 1. The smallest absolute Gasteiger partial charge is 0.0326 e. The van der Waals surface area contributed by atoms with E-state index in [-0.39, 0.29) is 0 Å². The van der Waals surface area contributed by atoms with E-state index in [0.29, 0.717) is 6.04 Å². The van der Waals surface area contributed by atoms with Gasteiger partial charge >= 0.3 is 0 Å². The van der Waals surface area contributed by atoms with Crippen molar-refractivity contribution in [3.63, 3.8) is 0 Å². The second-order valence-corrected chi connectivity index (χ2v) is 4.57. The first-order valence-electron chi connectivity index (χ1n) is 6.16. The summed E-state index contributed by atoms with van der Waals surface area (Å²) in [6.07, 6.45) is 3.94. The molecule has 0 aliphatic carbocycles. The van der Waals surface area contributed by atoms with Crippen molar-refractivity contribution in [2.24, 2.45) is 0 Å². The first-order valence-corrected chi connectivity index (χ1v) is 6.16. The zero-order valence-electron chi connectivity index (χ0n) is 9.45. The lowest BCUT2D eigenvalue weighted by Crippen LogP contribution is -2.26. The fraction of sp³-hybridized carbons (Fsp3) is 0.333. The van der Waals surface area contributed by atoms with E-state index in [0.717, 1.165) is 6.54 Å². The summed E-state index contributed by atoms with van der Waals surface area (Å²) in [5.74, 6) is 0. The molecule has 0 amide bonds. The summed E-state index contributed by atoms with van der Waals surface area (Å²) in [7, 11) is 0. The Balaban J connectivity index is 2.08. The topological polar surface area (TPSA) is 12.0 Å². The lowest BCUT2D eigenvalue weighted by molar-refractivity contribution is 0.414. The second-order valence-electron chi connectivity index (χ2n) is 4.57. The molecule has 1 fully saturated rings. The van der Waals surface area contributed by atoms with E-state index in [9.17, 15) is 0 Å². The molecule has 0 radical (unpaired) electrons. The van der Waals surface area contributed by atoms with Crippen LogP contribution >= 0.6 is 0 Å². The SMILES string of the molecule is c1ccc2c(C3CCCCN3)cccc2c1. The molecular weight excluding hydrogens is 194 g/mol. The Morgan fingerprint density at radius 2 is 1.81 bits per heavy atom. The molecule has 1 unspecified atom stereocenters. The third kappa shape index (κ3) is 1.72. The molecule has 0 saturated carbocycles. The van der Waals surface area contributed by atoms with E-state index in [1.54, 1.807) is 0 Å². The van der Waals surface area contributed by atoms with Crippen molar-refractivity contribution in [2.45, 2.75) is 25.3 Å². The highest BCUT2D eigenvalue weighted by Crippen LogP contribution is 2.29. The van der Waals surface area contributed by atoms with Gasteiger partial charge in [0.05, 0.1) is 0 Å². The third-order valence-corrected chi connectivity index (χ3v) is 3.51. The van der Waals surface area contributed by atoms with Crippen molar-refractivity contribution in [1.82, 2.24) is 5.32 Å². The van der Waals surface area contributed by atoms with E-state index in [1.807, 2.05) is 0 Å². The Bertz CT molecular complexity index is 478. The van der Waals surface area contributed by atoms with Crippen LogP contribution in [-0.4, -0.2) is 6.54 Å². The van der Waals surface area contributed by atoms with Gasteiger partial charge in [0, 0.05) is 6.04 Å². The van der Waals surface area contributed by atoms with Gasteiger partial charge in [-0.05, 0) is 35.7 Å². The zero-order valence-corrected chi connectivity index (χ0v) is 9.45. The number of piperidine rings is 1. The van der Waals surface area contributed by atoms with Crippen molar-refractivity contribution >= 4 is 10.8 Å². The molecule has 0 aromatic heterocycles. The quantitative estimate of drug-likeness (QED) is 0.759. The molecule has 1 N–H and O–H groups in total. The van der Waals surface area contributed by atoms with E-state index in [4.69, 9.17) is 0 Å². The predicted molar refractivity (Wildman–Crippen MR) is 68.5 cm³/mol. The zero-order chi connectivity index (χ0) is 10.8. The number of benzene rings is 2. The summed E-state index contributed by atoms with van der Waals surface area (Å²) >= 11 is 0. The fourth-order valence-electron chi connectivity index (χ4n) is 2.67. The fourth-order valence-corrected chi connectivity index (χ4v) is 2.67. The number of rotatable bonds is 1. The summed E-state index contributed by atoms with van der Waals surface area (Å²) in [6.45, 7) is 1.16. The molecule has 1 saturated heterocycles. The molecule has 0 bridgehead atoms. The van der Waals surface area contributed by atoms with Crippen molar-refractivity contribution in [2.75, 3.05) is 6.54 Å². The van der Waals surface area contributed by atoms with Crippen LogP contribution in [0.25, 0.3) is 10.8 Å². The maximum atomic E-state index is 3.63. The van der Waals surface area contributed by atoms with Gasteiger partial charge in [-0.3, -0.25) is 0 Å². The molecule has 16 heavy (non-hydrogen) atoms. The molecule has 1 heteroatoms. The minimum atomic E-state index is 0.555. The van der Waals surface area contributed by atoms with Gasteiger partial charge in [-0.15, -0.1) is 0 Å². The van der Waals surface area contributed by atoms with Crippen molar-refractivity contribution in [1.29, 1.82) is 0 Å². The van der Waals surface area contributed by atoms with Crippen molar-refractivity contribution < 1.29 is 0 Å². The van der Waals surface area contributed by atoms with Gasteiger partial charge in [-0.2, -0.15) is 0 Å². The molecule has 3 rings (SSSR count). The van der Waals surface area contributed by atoms with Crippen LogP contribution < -0.4 is 5.32 Å². The van der Waals surface area contributed by atoms with Gasteiger partial charge in [0.25, 0.3) is 0 Å². The van der Waals surface area contributed by atoms with Crippen molar-refractivity contribution in [3.05, 3.63) is 48.0 Å². The van der Waals surface area contributed by atoms with Crippen LogP contribution in [0.5, 0.6) is 0 Å². The highest BCUT2D eigenvalue weighted by atomic mass is 14.9. The minimum Gasteiger partial charge on any atom is -0.310 e. The lowest BCUT2D eigenvalue weighted by Gasteiger charge is -2.25. The predicted octanol–water partition coefficient (Wildman–Crippen LogP) is 3.65. The first kappa shape index (κ1) is 9.86. The van der Waals surface area contributed by atoms with Crippen LogP contribution in [-0.2, 0) is 0 Å². The summed E-state index contributed by atoms with van der Waals surface area (Å²) < 4.78 is 0. The van der Waals surface area contributed by atoms with Gasteiger partial charge < -0.3 is 5.32 Å². The maximum Gasteiger partial charge on any atom is 0.0326 e. The van der Waals surface area contributed by atoms with Crippen LogP contribution in [0.2, 0.25) is 0 Å². The molecule has 2 aromatic carbocycles. The molecule has 1 aliphatic rings. The monoisotopic (exact) mass is 211 g/mol. The van der Waals surface area contributed by atoms with Crippen LogP contribution in [0, 0.1) is 0 Å². The molecule has 0 spiro atoms. The highest BCUT2D eigenvalue weighted by Gasteiger charge is 2.16. The normalized spacial score (nSPS) is 21.1. The van der Waals surface area contributed by atoms with Crippen LogP contribution in [0.15, 0.2) is 42.5 Å². The molecule has 1 atom stereocenters. The van der Waals surface area contributed by atoms with Gasteiger partial charge in [-0.25, -0.2) is 0 Å².